The Bertz CT molecular complexity index is 446. The van der Waals surface area contributed by atoms with Gasteiger partial charge >= 0.3 is 0 Å². The maximum Gasteiger partial charge on any atom is 0.255 e. The molecule has 0 saturated heterocycles. The van der Waals surface area contributed by atoms with E-state index >= 15 is 0 Å². The zero-order valence-electron chi connectivity index (χ0n) is 9.50. The Hall–Kier alpha value is -0.680. The zero-order chi connectivity index (χ0) is 12.5. The van der Waals surface area contributed by atoms with Crippen LogP contribution in [0.15, 0.2) is 22.7 Å². The Morgan fingerprint density at radius 3 is 2.82 bits per heavy atom. The molecule has 1 fully saturated rings. The Kier molecular flexibility index (Phi) is 3.68. The fourth-order valence-electron chi connectivity index (χ4n) is 1.63. The van der Waals surface area contributed by atoms with Crippen molar-refractivity contribution >= 4 is 33.6 Å². The van der Waals surface area contributed by atoms with E-state index in [0.717, 1.165) is 17.3 Å². The molecule has 1 aliphatic carbocycles. The minimum Gasteiger partial charge on any atom is -0.507 e. The monoisotopic (exact) mass is 315 g/mol. The van der Waals surface area contributed by atoms with Gasteiger partial charge < -0.3 is 10.4 Å². The van der Waals surface area contributed by atoms with Crippen LogP contribution in [0.5, 0.6) is 5.75 Å². The predicted molar refractivity (Wildman–Crippen MR) is 73.6 cm³/mol. The first kappa shape index (κ1) is 12.8. The maximum atomic E-state index is 11.9. The molecule has 0 aromatic heterocycles. The van der Waals surface area contributed by atoms with Crippen molar-refractivity contribution in [1.29, 1.82) is 0 Å². The highest BCUT2D eigenvalue weighted by molar-refractivity contribution is 9.10. The lowest BCUT2D eigenvalue weighted by Gasteiger charge is -2.13. The van der Waals surface area contributed by atoms with E-state index in [9.17, 15) is 9.90 Å². The molecule has 0 bridgehead atoms. The molecule has 17 heavy (non-hydrogen) atoms. The van der Waals surface area contributed by atoms with Crippen LogP contribution in [-0.4, -0.2) is 28.6 Å². The van der Waals surface area contributed by atoms with Gasteiger partial charge in [0.1, 0.15) is 5.75 Å². The Labute approximate surface area is 113 Å². The predicted octanol–water partition coefficient (Wildman–Crippen LogP) is 2.78. The van der Waals surface area contributed by atoms with Gasteiger partial charge in [0.15, 0.2) is 0 Å². The van der Waals surface area contributed by atoms with Crippen molar-refractivity contribution < 1.29 is 9.90 Å². The van der Waals surface area contributed by atoms with Gasteiger partial charge in [-0.1, -0.05) is 15.9 Å². The van der Waals surface area contributed by atoms with Crippen molar-refractivity contribution in [3.8, 4) is 5.75 Å². The maximum absolute atomic E-state index is 11.9. The van der Waals surface area contributed by atoms with Crippen LogP contribution >= 0.6 is 27.7 Å². The number of thioether (sulfide) groups is 1. The Morgan fingerprint density at radius 1 is 1.59 bits per heavy atom. The molecule has 1 saturated carbocycles. The molecular formula is C12H14BrNO2S. The number of amides is 1. The second-order valence-corrected chi connectivity index (χ2v) is 6.42. The average molecular weight is 316 g/mol. The average Bonchev–Trinajstić information content (AvgIpc) is 3.07. The van der Waals surface area contributed by atoms with E-state index in [1.165, 1.54) is 6.07 Å². The van der Waals surface area contributed by atoms with Gasteiger partial charge in [-0.15, -0.1) is 0 Å². The number of benzene rings is 1. The van der Waals surface area contributed by atoms with Crippen LogP contribution in [0.2, 0.25) is 0 Å². The number of nitrogens with one attached hydrogen (secondary N) is 1. The van der Waals surface area contributed by atoms with E-state index in [2.05, 4.69) is 27.5 Å². The largest absolute Gasteiger partial charge is 0.507 e. The minimum atomic E-state index is -0.213. The number of halogens is 1. The molecule has 1 aromatic carbocycles. The van der Waals surface area contributed by atoms with Crippen LogP contribution in [0.25, 0.3) is 0 Å². The number of carbonyl (C=O) groups is 1. The van der Waals surface area contributed by atoms with Crippen LogP contribution in [-0.2, 0) is 0 Å². The van der Waals surface area contributed by atoms with Gasteiger partial charge in [-0.2, -0.15) is 11.8 Å². The SMILES string of the molecule is CSC1(CNC(=O)c2ccc(Br)cc2O)CC1. The smallest absolute Gasteiger partial charge is 0.255 e. The molecule has 0 atom stereocenters. The number of phenols is 1. The van der Waals surface area contributed by atoms with Gasteiger partial charge in [-0.25, -0.2) is 0 Å². The third kappa shape index (κ3) is 2.96. The lowest BCUT2D eigenvalue weighted by Crippen LogP contribution is -2.31. The fraction of sp³-hybridized carbons (Fsp3) is 0.417. The molecular weight excluding hydrogens is 302 g/mol. The summed E-state index contributed by atoms with van der Waals surface area (Å²) >= 11 is 5.04. The van der Waals surface area contributed by atoms with Gasteiger partial charge in [0, 0.05) is 15.8 Å². The van der Waals surface area contributed by atoms with E-state index < -0.39 is 0 Å². The van der Waals surface area contributed by atoms with Gasteiger partial charge in [0.25, 0.3) is 5.91 Å². The third-order valence-electron chi connectivity index (χ3n) is 3.02. The molecule has 92 valence electrons. The fourth-order valence-corrected chi connectivity index (χ4v) is 2.70. The van der Waals surface area contributed by atoms with Gasteiger partial charge in [0.05, 0.1) is 5.56 Å². The third-order valence-corrected chi connectivity index (χ3v) is 4.93. The summed E-state index contributed by atoms with van der Waals surface area (Å²) in [4.78, 5) is 11.9. The lowest BCUT2D eigenvalue weighted by molar-refractivity contribution is 0.0950. The lowest BCUT2D eigenvalue weighted by atomic mass is 10.2. The van der Waals surface area contributed by atoms with Crippen molar-refractivity contribution in [2.45, 2.75) is 17.6 Å². The summed E-state index contributed by atoms with van der Waals surface area (Å²) in [6.45, 7) is 0.669. The van der Waals surface area contributed by atoms with E-state index in [1.807, 2.05) is 0 Å². The van der Waals surface area contributed by atoms with Crippen LogP contribution in [0.1, 0.15) is 23.2 Å². The first-order valence-corrected chi connectivity index (χ1v) is 7.40. The summed E-state index contributed by atoms with van der Waals surface area (Å²) in [5.41, 5.74) is 0.324. The Morgan fingerprint density at radius 2 is 2.29 bits per heavy atom. The minimum absolute atomic E-state index is 0.00544. The normalized spacial score (nSPS) is 16.6. The van der Waals surface area contributed by atoms with E-state index in [1.54, 1.807) is 23.9 Å². The molecule has 1 aliphatic rings. The number of hydrogen-bond acceptors (Lipinski definition) is 3. The first-order valence-electron chi connectivity index (χ1n) is 5.38. The molecule has 0 radical (unpaired) electrons. The van der Waals surface area contributed by atoms with Crippen LogP contribution < -0.4 is 5.32 Å². The number of phenolic OH excluding ortho intramolecular Hbond substituents is 1. The standard InChI is InChI=1S/C12H14BrNO2S/c1-17-12(4-5-12)7-14-11(16)9-3-2-8(13)6-10(9)15/h2-3,6,15H,4-5,7H2,1H3,(H,14,16). The van der Waals surface area contributed by atoms with Crippen molar-refractivity contribution in [3.63, 3.8) is 0 Å². The molecule has 5 heteroatoms. The van der Waals surface area contributed by atoms with Gasteiger partial charge in [0.2, 0.25) is 0 Å². The van der Waals surface area contributed by atoms with E-state index in [4.69, 9.17) is 0 Å². The quantitative estimate of drug-likeness (QED) is 0.898. The van der Waals surface area contributed by atoms with Crippen LogP contribution in [0, 0.1) is 0 Å². The molecule has 0 aliphatic heterocycles. The number of hydrogen-bond donors (Lipinski definition) is 2. The first-order chi connectivity index (χ1) is 8.06. The second kappa shape index (κ2) is 4.90. The Balaban J connectivity index is 2.00. The number of rotatable bonds is 4. The molecule has 1 amide bonds. The van der Waals surface area contributed by atoms with E-state index in [0.29, 0.717) is 12.1 Å². The zero-order valence-corrected chi connectivity index (χ0v) is 11.9. The summed E-state index contributed by atoms with van der Waals surface area (Å²) in [6.07, 6.45) is 4.37. The van der Waals surface area contributed by atoms with Gasteiger partial charge in [-0.05, 0) is 37.3 Å². The molecule has 0 spiro atoms. The van der Waals surface area contributed by atoms with E-state index in [-0.39, 0.29) is 16.4 Å². The van der Waals surface area contributed by atoms with Crippen molar-refractivity contribution in [3.05, 3.63) is 28.2 Å². The van der Waals surface area contributed by atoms with Crippen LogP contribution in [0.4, 0.5) is 0 Å². The topological polar surface area (TPSA) is 49.3 Å². The molecule has 2 rings (SSSR count). The highest BCUT2D eigenvalue weighted by Crippen LogP contribution is 2.46. The second-order valence-electron chi connectivity index (χ2n) is 4.23. The highest BCUT2D eigenvalue weighted by atomic mass is 79.9. The van der Waals surface area contributed by atoms with Crippen molar-refractivity contribution in [1.82, 2.24) is 5.32 Å². The summed E-state index contributed by atoms with van der Waals surface area (Å²) in [5, 5.41) is 12.5. The number of aromatic hydroxyl groups is 1. The number of carbonyl (C=O) groups excluding carboxylic acids is 1. The summed E-state index contributed by atoms with van der Waals surface area (Å²) in [6, 6.07) is 4.89. The summed E-state index contributed by atoms with van der Waals surface area (Å²) in [5.74, 6) is -0.207. The van der Waals surface area contributed by atoms with Crippen LogP contribution in [0.3, 0.4) is 0 Å². The molecule has 1 aromatic rings. The summed E-state index contributed by atoms with van der Waals surface area (Å²) < 4.78 is 0.995. The summed E-state index contributed by atoms with van der Waals surface area (Å²) in [7, 11) is 0. The molecule has 0 heterocycles. The van der Waals surface area contributed by atoms with Crippen molar-refractivity contribution in [2.75, 3.05) is 12.8 Å². The molecule has 3 nitrogen and oxygen atoms in total. The molecule has 0 unspecified atom stereocenters. The van der Waals surface area contributed by atoms with Gasteiger partial charge in [-0.3, -0.25) is 4.79 Å². The molecule has 2 N–H and O–H groups in total. The highest BCUT2D eigenvalue weighted by Gasteiger charge is 2.42. The van der Waals surface area contributed by atoms with Crippen molar-refractivity contribution in [2.24, 2.45) is 0 Å².